The molecule has 0 radical (unpaired) electrons. The minimum atomic E-state index is 0.153. The zero-order valence-corrected chi connectivity index (χ0v) is 15.4. The van der Waals surface area contributed by atoms with Crippen molar-refractivity contribution in [2.24, 2.45) is 40.1 Å². The first-order valence-corrected chi connectivity index (χ1v) is 9.68. The summed E-state index contributed by atoms with van der Waals surface area (Å²) >= 11 is 0. The molecule has 23 heavy (non-hydrogen) atoms. The molecule has 3 aliphatic carbocycles. The van der Waals surface area contributed by atoms with E-state index in [-0.39, 0.29) is 11.8 Å². The molecule has 3 nitrogen and oxygen atoms in total. The van der Waals surface area contributed by atoms with Gasteiger partial charge in [0, 0.05) is 17.5 Å². The van der Waals surface area contributed by atoms with Gasteiger partial charge in [-0.3, -0.25) is 4.79 Å². The lowest BCUT2D eigenvalue weighted by molar-refractivity contribution is -0.126. The van der Waals surface area contributed by atoms with Crippen LogP contribution in [-0.2, 0) is 4.79 Å². The van der Waals surface area contributed by atoms with Crippen LogP contribution in [0.4, 0.5) is 0 Å². The predicted molar refractivity (Wildman–Crippen MR) is 95.1 cm³/mol. The molecule has 0 aliphatic heterocycles. The van der Waals surface area contributed by atoms with Crippen LogP contribution in [0.3, 0.4) is 0 Å². The lowest BCUT2D eigenvalue weighted by Gasteiger charge is -2.36. The van der Waals surface area contributed by atoms with Gasteiger partial charge in [-0.05, 0) is 75.0 Å². The van der Waals surface area contributed by atoms with Crippen molar-refractivity contribution in [3.05, 3.63) is 0 Å². The monoisotopic (exact) mass is 318 g/mol. The second-order valence-electron chi connectivity index (χ2n) is 9.43. The van der Waals surface area contributed by atoms with Crippen LogP contribution in [0.15, 0.2) is 5.10 Å². The van der Waals surface area contributed by atoms with Gasteiger partial charge in [0.25, 0.3) is 0 Å². The van der Waals surface area contributed by atoms with E-state index in [0.29, 0.717) is 11.3 Å². The van der Waals surface area contributed by atoms with Crippen LogP contribution < -0.4 is 5.43 Å². The number of nitrogens with zero attached hydrogens (tertiary/aromatic N) is 1. The molecule has 3 fully saturated rings. The van der Waals surface area contributed by atoms with Crippen molar-refractivity contribution in [3.63, 3.8) is 0 Å². The Morgan fingerprint density at radius 1 is 1.00 bits per heavy atom. The van der Waals surface area contributed by atoms with E-state index in [1.165, 1.54) is 38.5 Å². The van der Waals surface area contributed by atoms with E-state index in [9.17, 15) is 4.79 Å². The average molecular weight is 319 g/mol. The van der Waals surface area contributed by atoms with Crippen molar-refractivity contribution in [2.75, 3.05) is 0 Å². The predicted octanol–water partition coefficient (Wildman–Crippen LogP) is 4.77. The van der Waals surface area contributed by atoms with Crippen molar-refractivity contribution in [1.82, 2.24) is 5.43 Å². The topological polar surface area (TPSA) is 41.5 Å². The summed E-state index contributed by atoms with van der Waals surface area (Å²) in [7, 11) is 0. The van der Waals surface area contributed by atoms with Gasteiger partial charge in [0.1, 0.15) is 0 Å². The first-order valence-electron chi connectivity index (χ1n) is 9.68. The van der Waals surface area contributed by atoms with Gasteiger partial charge in [-0.15, -0.1) is 0 Å². The van der Waals surface area contributed by atoms with Gasteiger partial charge >= 0.3 is 0 Å². The van der Waals surface area contributed by atoms with E-state index in [0.717, 1.165) is 36.3 Å². The molecule has 2 bridgehead atoms. The largest absolute Gasteiger partial charge is 0.273 e. The van der Waals surface area contributed by atoms with Gasteiger partial charge in [0.05, 0.1) is 0 Å². The lowest BCUT2D eigenvalue weighted by atomic mass is 9.70. The van der Waals surface area contributed by atoms with Crippen LogP contribution in [0.1, 0.15) is 79.1 Å². The van der Waals surface area contributed by atoms with Crippen molar-refractivity contribution in [2.45, 2.75) is 79.1 Å². The van der Waals surface area contributed by atoms with Crippen LogP contribution in [0.5, 0.6) is 0 Å². The molecule has 0 heterocycles. The number of fused-ring (bicyclic) bond motifs is 2. The fourth-order valence-electron chi connectivity index (χ4n) is 5.30. The van der Waals surface area contributed by atoms with Crippen LogP contribution >= 0.6 is 0 Å². The Balaban J connectivity index is 1.47. The average Bonchev–Trinajstić information content (AvgIpc) is 3.14. The number of nitrogens with one attached hydrogen (secondary N) is 1. The third-order valence-corrected chi connectivity index (χ3v) is 6.94. The van der Waals surface area contributed by atoms with Crippen LogP contribution in [0, 0.1) is 35.0 Å². The van der Waals surface area contributed by atoms with E-state index in [1.54, 1.807) is 0 Å². The molecule has 0 aromatic carbocycles. The summed E-state index contributed by atoms with van der Waals surface area (Å²) in [5, 5.41) is 4.48. The van der Waals surface area contributed by atoms with E-state index >= 15 is 0 Å². The van der Waals surface area contributed by atoms with Gasteiger partial charge in [0.15, 0.2) is 0 Å². The summed E-state index contributed by atoms with van der Waals surface area (Å²) in [5.41, 5.74) is 4.43. The molecular formula is C20H34N2O. The zero-order valence-electron chi connectivity index (χ0n) is 15.4. The molecule has 3 saturated carbocycles. The molecular weight excluding hydrogens is 284 g/mol. The number of carbonyl (C=O) groups is 1. The number of rotatable bonds is 3. The maximum atomic E-state index is 12.4. The Hall–Kier alpha value is -0.860. The lowest BCUT2D eigenvalue weighted by Crippen LogP contribution is -2.34. The molecule has 0 saturated heterocycles. The highest BCUT2D eigenvalue weighted by molar-refractivity contribution is 5.87. The number of carbonyl (C=O) groups excluding carboxylic acids is 1. The number of amides is 1. The van der Waals surface area contributed by atoms with Gasteiger partial charge in [0.2, 0.25) is 5.91 Å². The highest BCUT2D eigenvalue weighted by Crippen LogP contribution is 2.48. The Bertz CT molecular complexity index is 469. The van der Waals surface area contributed by atoms with E-state index in [4.69, 9.17) is 0 Å². The van der Waals surface area contributed by atoms with Gasteiger partial charge in [-0.2, -0.15) is 5.10 Å². The molecule has 3 heteroatoms. The van der Waals surface area contributed by atoms with E-state index in [1.807, 2.05) is 0 Å². The fourth-order valence-corrected chi connectivity index (χ4v) is 5.30. The van der Waals surface area contributed by atoms with Gasteiger partial charge in [-0.1, -0.05) is 27.2 Å². The van der Waals surface area contributed by atoms with Crippen molar-refractivity contribution in [3.8, 4) is 0 Å². The summed E-state index contributed by atoms with van der Waals surface area (Å²) in [5.74, 6) is 3.47. The number of hydrogen-bond donors (Lipinski definition) is 1. The van der Waals surface area contributed by atoms with Crippen LogP contribution in [0.2, 0.25) is 0 Å². The molecule has 3 unspecified atom stereocenters. The Morgan fingerprint density at radius 3 is 2.22 bits per heavy atom. The SMILES string of the molecule is C/C(=N/NC(=O)C1CCC(C(C)(C)C)CC1)C1CC2CCC1C2. The molecule has 0 aromatic rings. The molecule has 1 N–H and O–H groups in total. The standard InChI is InChI=1S/C20H34N2O/c1-13(18-12-14-5-6-16(18)11-14)21-22-19(23)15-7-9-17(10-8-15)20(2,3)4/h14-18H,5-12H2,1-4H3,(H,22,23)/b21-13-. The smallest absolute Gasteiger partial charge is 0.243 e. The highest BCUT2D eigenvalue weighted by atomic mass is 16.2. The van der Waals surface area contributed by atoms with Crippen LogP contribution in [0.25, 0.3) is 0 Å². The maximum absolute atomic E-state index is 12.4. The van der Waals surface area contributed by atoms with Gasteiger partial charge in [-0.25, -0.2) is 5.43 Å². The molecule has 3 aliphatic rings. The van der Waals surface area contributed by atoms with E-state index < -0.39 is 0 Å². The minimum absolute atomic E-state index is 0.153. The van der Waals surface area contributed by atoms with Crippen LogP contribution in [-0.4, -0.2) is 11.6 Å². The van der Waals surface area contributed by atoms with E-state index in [2.05, 4.69) is 38.2 Å². The maximum Gasteiger partial charge on any atom is 0.243 e. The highest BCUT2D eigenvalue weighted by Gasteiger charge is 2.40. The Labute approximate surface area is 141 Å². The van der Waals surface area contributed by atoms with Gasteiger partial charge < -0.3 is 0 Å². The van der Waals surface area contributed by atoms with Crippen molar-refractivity contribution >= 4 is 11.6 Å². The quantitative estimate of drug-likeness (QED) is 0.591. The second-order valence-corrected chi connectivity index (χ2v) is 9.43. The second kappa shape index (κ2) is 6.57. The third-order valence-electron chi connectivity index (χ3n) is 6.94. The fraction of sp³-hybridized carbons (Fsp3) is 0.900. The summed E-state index contributed by atoms with van der Waals surface area (Å²) in [6, 6.07) is 0. The normalized spacial score (nSPS) is 37.9. The summed E-state index contributed by atoms with van der Waals surface area (Å²) in [6.07, 6.45) is 9.87. The third kappa shape index (κ3) is 3.80. The minimum Gasteiger partial charge on any atom is -0.273 e. The van der Waals surface area contributed by atoms with Crippen molar-refractivity contribution in [1.29, 1.82) is 0 Å². The molecule has 0 spiro atoms. The summed E-state index contributed by atoms with van der Waals surface area (Å²) in [4.78, 5) is 12.4. The first kappa shape index (κ1) is 17.0. The molecule has 0 aromatic heterocycles. The molecule has 1 amide bonds. The molecule has 3 rings (SSSR count). The zero-order chi connectivity index (χ0) is 16.6. The Kier molecular flexibility index (Phi) is 4.85. The number of hydrazone groups is 1. The Morgan fingerprint density at radius 2 is 1.70 bits per heavy atom. The molecule has 130 valence electrons. The first-order chi connectivity index (χ1) is 10.8. The molecule has 3 atom stereocenters. The summed E-state index contributed by atoms with van der Waals surface area (Å²) < 4.78 is 0. The van der Waals surface area contributed by atoms with Crippen molar-refractivity contribution < 1.29 is 4.79 Å². The summed E-state index contributed by atoms with van der Waals surface area (Å²) in [6.45, 7) is 9.07. The number of hydrogen-bond acceptors (Lipinski definition) is 2.